The van der Waals surface area contributed by atoms with Crippen molar-refractivity contribution in [2.24, 2.45) is 0 Å². The smallest absolute Gasteiger partial charge is 0.337 e. The summed E-state index contributed by atoms with van der Waals surface area (Å²) in [6, 6.07) is 10.4. The van der Waals surface area contributed by atoms with Crippen LogP contribution in [0.25, 0.3) is 0 Å². The van der Waals surface area contributed by atoms with E-state index in [1.165, 1.54) is 32.0 Å². The van der Waals surface area contributed by atoms with Gasteiger partial charge in [0.2, 0.25) is 0 Å². The zero-order valence-electron chi connectivity index (χ0n) is 13.5. The lowest BCUT2D eigenvalue weighted by molar-refractivity contribution is 0.0600. The van der Waals surface area contributed by atoms with Gasteiger partial charge < -0.3 is 19.3 Å². The van der Waals surface area contributed by atoms with Crippen LogP contribution in [0.1, 0.15) is 10.4 Å². The minimum Gasteiger partial charge on any atom is -0.493 e. The number of aliphatic hydroxyl groups is 1. The van der Waals surface area contributed by atoms with E-state index in [0.29, 0.717) is 22.8 Å². The van der Waals surface area contributed by atoms with E-state index in [2.05, 4.69) is 9.72 Å². The Bertz CT molecular complexity index is 665. The van der Waals surface area contributed by atoms with Crippen molar-refractivity contribution in [2.75, 3.05) is 26.6 Å². The number of nitrogens with zero attached hydrogens (tertiary/aromatic N) is 1. The molecular weight excluding hydrogens is 330 g/mol. The number of hydrogen-bond donors (Lipinski definition) is 1. The normalized spacial score (nSPS) is 11.6. The van der Waals surface area contributed by atoms with Crippen molar-refractivity contribution in [2.45, 2.75) is 11.1 Å². The topological polar surface area (TPSA) is 77.9 Å². The molecule has 24 heavy (non-hydrogen) atoms. The fraction of sp³-hybridized carbons (Fsp3) is 0.294. The van der Waals surface area contributed by atoms with E-state index in [9.17, 15) is 9.90 Å². The monoisotopic (exact) mass is 349 g/mol. The summed E-state index contributed by atoms with van der Waals surface area (Å²) in [5, 5.41) is 10.9. The number of methoxy groups -OCH3 is 2. The molecule has 0 aliphatic carbocycles. The number of rotatable bonds is 8. The molecule has 6 nitrogen and oxygen atoms in total. The number of aliphatic hydroxyl groups excluding tert-OH is 1. The highest BCUT2D eigenvalue weighted by Gasteiger charge is 2.13. The molecule has 0 aliphatic heterocycles. The van der Waals surface area contributed by atoms with E-state index in [1.807, 2.05) is 18.2 Å². The van der Waals surface area contributed by atoms with Gasteiger partial charge in [-0.2, -0.15) is 0 Å². The summed E-state index contributed by atoms with van der Waals surface area (Å²) in [5.74, 6) is 0.862. The number of pyridine rings is 1. The Kier molecular flexibility index (Phi) is 6.89. The van der Waals surface area contributed by atoms with E-state index < -0.39 is 12.1 Å². The number of esters is 1. The molecule has 0 amide bonds. The molecule has 128 valence electrons. The van der Waals surface area contributed by atoms with Crippen LogP contribution in [-0.4, -0.2) is 48.7 Å². The first-order chi connectivity index (χ1) is 11.6. The quantitative estimate of drug-likeness (QED) is 0.579. The van der Waals surface area contributed by atoms with Gasteiger partial charge in [0.1, 0.15) is 6.61 Å². The molecule has 1 atom stereocenters. The summed E-state index contributed by atoms with van der Waals surface area (Å²) in [5.41, 5.74) is 0.368. The summed E-state index contributed by atoms with van der Waals surface area (Å²) in [6.45, 7) is 0.105. The van der Waals surface area contributed by atoms with Gasteiger partial charge >= 0.3 is 5.97 Å². The zero-order valence-corrected chi connectivity index (χ0v) is 14.3. The molecule has 2 aromatic rings. The van der Waals surface area contributed by atoms with Gasteiger partial charge in [-0.05, 0) is 30.3 Å². The van der Waals surface area contributed by atoms with Crippen LogP contribution in [0.3, 0.4) is 0 Å². The van der Waals surface area contributed by atoms with Gasteiger partial charge in [0.25, 0.3) is 0 Å². The molecule has 0 spiro atoms. The highest BCUT2D eigenvalue weighted by Crippen LogP contribution is 2.28. The van der Waals surface area contributed by atoms with Gasteiger partial charge in [0.05, 0.1) is 30.9 Å². The lowest BCUT2D eigenvalue weighted by atomic mass is 10.2. The first-order valence-electron chi connectivity index (χ1n) is 7.25. The molecule has 7 heteroatoms. The Morgan fingerprint density at radius 1 is 1.25 bits per heavy atom. The number of aromatic nitrogens is 1. The Hall–Kier alpha value is -2.25. The number of carbonyl (C=O) groups excluding carboxylic acids is 1. The van der Waals surface area contributed by atoms with Crippen LogP contribution in [0, 0.1) is 0 Å². The van der Waals surface area contributed by atoms with Crippen LogP contribution in [0.2, 0.25) is 0 Å². The molecule has 1 heterocycles. The molecule has 1 N–H and O–H groups in total. The molecule has 0 aliphatic rings. The van der Waals surface area contributed by atoms with Crippen molar-refractivity contribution in [1.29, 1.82) is 0 Å². The van der Waals surface area contributed by atoms with Crippen LogP contribution < -0.4 is 9.47 Å². The van der Waals surface area contributed by atoms with Gasteiger partial charge in [-0.15, -0.1) is 11.8 Å². The van der Waals surface area contributed by atoms with Gasteiger partial charge in [-0.1, -0.05) is 6.07 Å². The second-order valence-electron chi connectivity index (χ2n) is 4.80. The maximum absolute atomic E-state index is 11.5. The lowest BCUT2D eigenvalue weighted by Gasteiger charge is -2.14. The Morgan fingerprint density at radius 2 is 2.08 bits per heavy atom. The van der Waals surface area contributed by atoms with E-state index in [4.69, 9.17) is 9.47 Å². The summed E-state index contributed by atoms with van der Waals surface area (Å²) in [7, 11) is 2.80. The van der Waals surface area contributed by atoms with Crippen molar-refractivity contribution < 1.29 is 24.1 Å². The molecule has 1 unspecified atom stereocenters. The fourth-order valence-corrected chi connectivity index (χ4v) is 2.65. The third-order valence-corrected chi connectivity index (χ3v) is 4.17. The van der Waals surface area contributed by atoms with E-state index in [0.717, 1.165) is 5.03 Å². The summed E-state index contributed by atoms with van der Waals surface area (Å²) >= 11 is 1.45. The van der Waals surface area contributed by atoms with Crippen LogP contribution in [0.5, 0.6) is 11.5 Å². The number of thioether (sulfide) groups is 1. The molecule has 1 aromatic heterocycles. The SMILES string of the molecule is COC(=O)c1ccc(OCC(O)CSc2ccccn2)c(OC)c1. The number of carbonyl (C=O) groups is 1. The number of ether oxygens (including phenoxy) is 3. The lowest BCUT2D eigenvalue weighted by Crippen LogP contribution is -2.20. The maximum atomic E-state index is 11.5. The maximum Gasteiger partial charge on any atom is 0.337 e. The molecule has 0 saturated heterocycles. The van der Waals surface area contributed by atoms with Crippen molar-refractivity contribution in [3.8, 4) is 11.5 Å². The van der Waals surface area contributed by atoms with Crippen LogP contribution >= 0.6 is 11.8 Å². The van der Waals surface area contributed by atoms with E-state index in [-0.39, 0.29) is 6.61 Å². The van der Waals surface area contributed by atoms with Crippen molar-refractivity contribution in [1.82, 2.24) is 4.98 Å². The summed E-state index contributed by atoms with van der Waals surface area (Å²) in [4.78, 5) is 15.7. The molecule has 0 saturated carbocycles. The number of benzene rings is 1. The first-order valence-corrected chi connectivity index (χ1v) is 8.23. The van der Waals surface area contributed by atoms with Crippen LogP contribution in [0.4, 0.5) is 0 Å². The highest BCUT2D eigenvalue weighted by atomic mass is 32.2. The average molecular weight is 349 g/mol. The summed E-state index contributed by atoms with van der Waals surface area (Å²) in [6.07, 6.45) is 1.04. The fourth-order valence-electron chi connectivity index (χ4n) is 1.88. The average Bonchev–Trinajstić information content (AvgIpc) is 2.64. The predicted molar refractivity (Wildman–Crippen MR) is 90.8 cm³/mol. The third-order valence-electron chi connectivity index (χ3n) is 3.08. The van der Waals surface area contributed by atoms with Crippen molar-refractivity contribution in [3.05, 3.63) is 48.2 Å². The molecule has 1 aromatic carbocycles. The van der Waals surface area contributed by atoms with Gasteiger partial charge in [-0.25, -0.2) is 9.78 Å². The third kappa shape index (κ3) is 5.14. The first kappa shape index (κ1) is 18.1. The Morgan fingerprint density at radius 3 is 2.75 bits per heavy atom. The van der Waals surface area contributed by atoms with E-state index in [1.54, 1.807) is 18.3 Å². The second kappa shape index (κ2) is 9.14. The molecular formula is C17H19NO5S. The Balaban J connectivity index is 1.89. The molecule has 0 radical (unpaired) electrons. The Labute approximate surface area is 144 Å². The van der Waals surface area contributed by atoms with Gasteiger partial charge in [0, 0.05) is 11.9 Å². The van der Waals surface area contributed by atoms with Crippen molar-refractivity contribution in [3.63, 3.8) is 0 Å². The second-order valence-corrected chi connectivity index (χ2v) is 5.84. The van der Waals surface area contributed by atoms with Crippen LogP contribution in [0.15, 0.2) is 47.6 Å². The standard InChI is InChI=1S/C17H19NO5S/c1-21-15-9-12(17(20)22-2)6-7-14(15)23-10-13(19)11-24-16-5-3-4-8-18-16/h3-9,13,19H,10-11H2,1-2H3. The van der Waals surface area contributed by atoms with E-state index >= 15 is 0 Å². The zero-order chi connectivity index (χ0) is 17.4. The minimum atomic E-state index is -0.665. The molecule has 2 rings (SSSR count). The molecule has 0 fully saturated rings. The minimum absolute atomic E-state index is 0.105. The van der Waals surface area contributed by atoms with Gasteiger partial charge in [0.15, 0.2) is 11.5 Å². The predicted octanol–water partition coefficient (Wildman–Crippen LogP) is 2.41. The van der Waals surface area contributed by atoms with Gasteiger partial charge in [-0.3, -0.25) is 0 Å². The summed E-state index contributed by atoms with van der Waals surface area (Å²) < 4.78 is 15.5. The van der Waals surface area contributed by atoms with Crippen LogP contribution in [-0.2, 0) is 4.74 Å². The molecule has 0 bridgehead atoms. The van der Waals surface area contributed by atoms with Crippen molar-refractivity contribution >= 4 is 17.7 Å². The highest BCUT2D eigenvalue weighted by molar-refractivity contribution is 7.99. The number of hydrogen-bond acceptors (Lipinski definition) is 7. The largest absolute Gasteiger partial charge is 0.493 e.